The lowest BCUT2D eigenvalue weighted by molar-refractivity contribution is 1.12. The molecule has 0 aliphatic rings. The van der Waals surface area contributed by atoms with Gasteiger partial charge in [0.1, 0.15) is 5.01 Å². The molecule has 0 saturated heterocycles. The van der Waals surface area contributed by atoms with Crippen molar-refractivity contribution in [2.75, 3.05) is 0 Å². The second-order valence-corrected chi connectivity index (χ2v) is 5.16. The molecule has 0 saturated carbocycles. The molecule has 0 aliphatic heterocycles. The number of thiazole rings is 1. The van der Waals surface area contributed by atoms with Gasteiger partial charge < -0.3 is 0 Å². The highest BCUT2D eigenvalue weighted by molar-refractivity contribution is 7.21. The maximum absolute atomic E-state index is 4.66. The van der Waals surface area contributed by atoms with Gasteiger partial charge in [0.25, 0.3) is 0 Å². The molecule has 1 aromatic carbocycles. The van der Waals surface area contributed by atoms with Gasteiger partial charge in [0, 0.05) is 17.0 Å². The minimum Gasteiger partial charge on any atom is -0.258 e. The van der Waals surface area contributed by atoms with E-state index in [0.29, 0.717) is 0 Å². The van der Waals surface area contributed by atoms with Gasteiger partial charge in [0.2, 0.25) is 0 Å². The highest BCUT2D eigenvalue weighted by atomic mass is 32.1. The van der Waals surface area contributed by atoms with Crippen molar-refractivity contribution in [2.45, 2.75) is 13.8 Å². The van der Waals surface area contributed by atoms with Crippen molar-refractivity contribution >= 4 is 21.6 Å². The van der Waals surface area contributed by atoms with E-state index in [1.54, 1.807) is 11.3 Å². The van der Waals surface area contributed by atoms with Crippen LogP contribution in [-0.2, 0) is 0 Å². The smallest absolute Gasteiger partial charge is 0.124 e. The van der Waals surface area contributed by atoms with Gasteiger partial charge in [-0.1, -0.05) is 12.1 Å². The van der Waals surface area contributed by atoms with Crippen LogP contribution in [-0.4, -0.2) is 9.97 Å². The van der Waals surface area contributed by atoms with Crippen LogP contribution in [0.25, 0.3) is 20.8 Å². The second-order valence-electron chi connectivity index (χ2n) is 4.13. The van der Waals surface area contributed by atoms with Gasteiger partial charge >= 0.3 is 0 Å². The quantitative estimate of drug-likeness (QED) is 0.643. The van der Waals surface area contributed by atoms with Crippen LogP contribution >= 0.6 is 11.3 Å². The molecular formula is C14H12N2S. The Bertz CT molecular complexity index is 632. The molecule has 0 unspecified atom stereocenters. The largest absolute Gasteiger partial charge is 0.258 e. The van der Waals surface area contributed by atoms with E-state index in [1.807, 2.05) is 26.0 Å². The van der Waals surface area contributed by atoms with Gasteiger partial charge in [-0.2, -0.15) is 0 Å². The fourth-order valence-electron chi connectivity index (χ4n) is 1.95. The second kappa shape index (κ2) is 3.93. The molecular weight excluding hydrogens is 228 g/mol. The molecule has 0 atom stereocenters. The molecule has 3 aromatic rings. The summed E-state index contributed by atoms with van der Waals surface area (Å²) in [5.41, 5.74) is 4.31. The highest BCUT2D eigenvalue weighted by Crippen LogP contribution is 2.30. The average molecular weight is 240 g/mol. The zero-order valence-corrected chi connectivity index (χ0v) is 10.6. The highest BCUT2D eigenvalue weighted by Gasteiger charge is 2.06. The van der Waals surface area contributed by atoms with Crippen LogP contribution in [0.2, 0.25) is 0 Å². The maximum atomic E-state index is 4.66. The third-order valence-corrected chi connectivity index (χ3v) is 3.71. The molecule has 0 radical (unpaired) electrons. The van der Waals surface area contributed by atoms with Gasteiger partial charge in [0.15, 0.2) is 0 Å². The number of aryl methyl sites for hydroxylation is 2. The number of benzene rings is 1. The van der Waals surface area contributed by atoms with E-state index in [0.717, 1.165) is 27.5 Å². The first-order valence-corrected chi connectivity index (χ1v) is 6.35. The lowest BCUT2D eigenvalue weighted by Gasteiger charge is -2.00. The average Bonchev–Trinajstić information content (AvgIpc) is 2.71. The van der Waals surface area contributed by atoms with Crippen LogP contribution in [0.3, 0.4) is 0 Å². The first-order chi connectivity index (χ1) is 8.22. The Morgan fingerprint density at radius 1 is 0.941 bits per heavy atom. The number of fused-ring (bicyclic) bond motifs is 1. The molecule has 2 nitrogen and oxygen atoms in total. The Hall–Kier alpha value is -1.74. The Balaban J connectivity index is 2.20. The predicted molar refractivity (Wildman–Crippen MR) is 72.3 cm³/mol. The molecule has 3 rings (SSSR count). The molecule has 0 amide bonds. The van der Waals surface area contributed by atoms with E-state index in [-0.39, 0.29) is 0 Å². The molecule has 84 valence electrons. The van der Waals surface area contributed by atoms with Crippen molar-refractivity contribution in [1.82, 2.24) is 9.97 Å². The predicted octanol–water partition coefficient (Wildman–Crippen LogP) is 3.98. The molecule has 0 fully saturated rings. The van der Waals surface area contributed by atoms with Gasteiger partial charge in [-0.05, 0) is 38.1 Å². The van der Waals surface area contributed by atoms with Crippen molar-refractivity contribution < 1.29 is 0 Å². The molecule has 17 heavy (non-hydrogen) atoms. The minimum absolute atomic E-state index is 1.04. The Morgan fingerprint density at radius 3 is 2.35 bits per heavy atom. The summed E-state index contributed by atoms with van der Waals surface area (Å²) >= 11 is 1.73. The van der Waals surface area contributed by atoms with Crippen LogP contribution in [0.4, 0.5) is 0 Å². The SMILES string of the molecule is Cc1cc(-c2nc3ccccc3s2)cc(C)n1. The van der Waals surface area contributed by atoms with E-state index < -0.39 is 0 Å². The van der Waals surface area contributed by atoms with E-state index in [9.17, 15) is 0 Å². The third-order valence-electron chi connectivity index (χ3n) is 2.62. The van der Waals surface area contributed by atoms with Crippen molar-refractivity contribution in [3.63, 3.8) is 0 Å². The van der Waals surface area contributed by atoms with E-state index in [4.69, 9.17) is 0 Å². The number of rotatable bonds is 1. The summed E-state index contributed by atoms with van der Waals surface area (Å²) in [6.07, 6.45) is 0. The van der Waals surface area contributed by atoms with Gasteiger partial charge in [0.05, 0.1) is 10.2 Å². The summed E-state index contributed by atoms with van der Waals surface area (Å²) in [5, 5.41) is 1.07. The van der Waals surface area contributed by atoms with Crippen LogP contribution in [0.1, 0.15) is 11.4 Å². The first kappa shape index (κ1) is 10.4. The molecule has 0 bridgehead atoms. The van der Waals surface area contributed by atoms with Crippen LogP contribution in [0.5, 0.6) is 0 Å². The third kappa shape index (κ3) is 1.94. The fourth-order valence-corrected chi connectivity index (χ4v) is 2.91. The Kier molecular flexibility index (Phi) is 2.41. The van der Waals surface area contributed by atoms with Crippen molar-refractivity contribution in [3.05, 3.63) is 47.8 Å². The van der Waals surface area contributed by atoms with Crippen molar-refractivity contribution in [1.29, 1.82) is 0 Å². The Morgan fingerprint density at radius 2 is 1.65 bits per heavy atom. The number of aromatic nitrogens is 2. The fraction of sp³-hybridized carbons (Fsp3) is 0.143. The van der Waals surface area contributed by atoms with Crippen molar-refractivity contribution in [3.8, 4) is 10.6 Å². The topological polar surface area (TPSA) is 25.8 Å². The maximum Gasteiger partial charge on any atom is 0.124 e. The lowest BCUT2D eigenvalue weighted by Crippen LogP contribution is -1.87. The number of para-hydroxylation sites is 1. The monoisotopic (exact) mass is 240 g/mol. The number of pyridine rings is 1. The summed E-state index contributed by atoms with van der Waals surface area (Å²) < 4.78 is 1.23. The van der Waals surface area contributed by atoms with Gasteiger partial charge in [-0.15, -0.1) is 11.3 Å². The summed E-state index contributed by atoms with van der Waals surface area (Å²) in [5.74, 6) is 0. The Labute approximate surface area is 104 Å². The number of nitrogens with zero attached hydrogens (tertiary/aromatic N) is 2. The van der Waals surface area contributed by atoms with Crippen LogP contribution in [0.15, 0.2) is 36.4 Å². The van der Waals surface area contributed by atoms with E-state index >= 15 is 0 Å². The minimum atomic E-state index is 1.04. The normalized spacial score (nSPS) is 10.9. The number of hydrogen-bond acceptors (Lipinski definition) is 3. The van der Waals surface area contributed by atoms with Gasteiger partial charge in [-0.25, -0.2) is 4.98 Å². The molecule has 2 heterocycles. The molecule has 3 heteroatoms. The zero-order chi connectivity index (χ0) is 11.8. The lowest BCUT2D eigenvalue weighted by atomic mass is 10.2. The van der Waals surface area contributed by atoms with Crippen LogP contribution in [0, 0.1) is 13.8 Å². The molecule has 0 spiro atoms. The molecule has 0 N–H and O–H groups in total. The van der Waals surface area contributed by atoms with Crippen molar-refractivity contribution in [2.24, 2.45) is 0 Å². The molecule has 0 aliphatic carbocycles. The van der Waals surface area contributed by atoms with Gasteiger partial charge in [-0.3, -0.25) is 4.98 Å². The number of hydrogen-bond donors (Lipinski definition) is 0. The first-order valence-electron chi connectivity index (χ1n) is 5.53. The zero-order valence-electron chi connectivity index (χ0n) is 9.77. The summed E-state index contributed by atoms with van der Waals surface area (Å²) in [4.78, 5) is 9.05. The molecule has 2 aromatic heterocycles. The summed E-state index contributed by atoms with van der Waals surface area (Å²) in [7, 11) is 0. The van der Waals surface area contributed by atoms with E-state index in [1.165, 1.54) is 4.70 Å². The summed E-state index contributed by atoms with van der Waals surface area (Å²) in [6.45, 7) is 4.04. The standard InChI is InChI=1S/C14H12N2S/c1-9-7-11(8-10(2)15-9)14-16-12-5-3-4-6-13(12)17-14/h3-8H,1-2H3. The van der Waals surface area contributed by atoms with Crippen LogP contribution < -0.4 is 0 Å². The van der Waals surface area contributed by atoms with E-state index in [2.05, 4.69) is 34.2 Å². The summed E-state index contributed by atoms with van der Waals surface area (Å²) in [6, 6.07) is 12.4.